The van der Waals surface area contributed by atoms with Crippen LogP contribution in [0.25, 0.3) is 15.9 Å². The predicted molar refractivity (Wildman–Crippen MR) is 122 cm³/mol. The number of aromatic nitrogens is 2. The minimum absolute atomic E-state index is 0.0887. The van der Waals surface area contributed by atoms with E-state index in [4.69, 9.17) is 11.6 Å². The van der Waals surface area contributed by atoms with Crippen molar-refractivity contribution in [2.75, 3.05) is 5.32 Å². The van der Waals surface area contributed by atoms with Crippen molar-refractivity contribution in [1.29, 1.82) is 0 Å². The Morgan fingerprint density at radius 3 is 2.55 bits per heavy atom. The van der Waals surface area contributed by atoms with E-state index in [1.54, 1.807) is 36.6 Å². The molecule has 0 saturated carbocycles. The first-order chi connectivity index (χ1) is 15.6. The Bertz CT molecular complexity index is 1500. The summed E-state index contributed by atoms with van der Waals surface area (Å²) in [6, 6.07) is 10.9. The van der Waals surface area contributed by atoms with Crippen molar-refractivity contribution in [3.63, 3.8) is 0 Å². The second-order valence-corrected chi connectivity index (χ2v) is 8.49. The van der Waals surface area contributed by atoms with Gasteiger partial charge in [-0.25, -0.2) is 9.36 Å². The molecule has 0 fully saturated rings. The van der Waals surface area contributed by atoms with Gasteiger partial charge >= 0.3 is 11.9 Å². The number of benzene rings is 2. The Hall–Kier alpha value is -3.37. The number of hydrogen-bond acceptors (Lipinski definition) is 4. The SMILES string of the molecule is Cc1ccccc1-n1c(=O)c2sccc2n(CC(=O)Nc2cc(C(F)(F)F)ccc2Cl)c1=O. The maximum absolute atomic E-state index is 13.3. The number of amides is 1. The van der Waals surface area contributed by atoms with Crippen LogP contribution >= 0.6 is 22.9 Å². The van der Waals surface area contributed by atoms with Crippen LogP contribution in [-0.4, -0.2) is 15.0 Å². The molecule has 0 atom stereocenters. The molecule has 2 aromatic heterocycles. The summed E-state index contributed by atoms with van der Waals surface area (Å²) in [6.45, 7) is 1.21. The number of rotatable bonds is 4. The monoisotopic (exact) mass is 493 g/mol. The lowest BCUT2D eigenvalue weighted by atomic mass is 10.2. The van der Waals surface area contributed by atoms with E-state index in [1.807, 2.05) is 0 Å². The van der Waals surface area contributed by atoms with Crippen LogP contribution in [-0.2, 0) is 17.5 Å². The molecule has 33 heavy (non-hydrogen) atoms. The van der Waals surface area contributed by atoms with Crippen molar-refractivity contribution in [3.8, 4) is 5.69 Å². The average molecular weight is 494 g/mol. The number of aryl methyl sites for hydroxylation is 1. The largest absolute Gasteiger partial charge is 0.416 e. The van der Waals surface area contributed by atoms with Gasteiger partial charge in [-0.15, -0.1) is 11.3 Å². The summed E-state index contributed by atoms with van der Waals surface area (Å²) in [4.78, 5) is 39.0. The van der Waals surface area contributed by atoms with Gasteiger partial charge in [0, 0.05) is 0 Å². The molecule has 0 unspecified atom stereocenters. The Labute approximate surface area is 193 Å². The molecule has 2 heterocycles. The van der Waals surface area contributed by atoms with E-state index in [1.165, 1.54) is 6.07 Å². The van der Waals surface area contributed by atoms with Crippen LogP contribution < -0.4 is 16.6 Å². The molecule has 1 N–H and O–H groups in total. The second kappa shape index (κ2) is 8.53. The molecule has 0 bridgehead atoms. The minimum Gasteiger partial charge on any atom is -0.323 e. The van der Waals surface area contributed by atoms with Crippen LogP contribution in [0, 0.1) is 6.92 Å². The van der Waals surface area contributed by atoms with Crippen LogP contribution in [0.3, 0.4) is 0 Å². The lowest BCUT2D eigenvalue weighted by Gasteiger charge is -2.15. The fourth-order valence-electron chi connectivity index (χ4n) is 3.40. The summed E-state index contributed by atoms with van der Waals surface area (Å²) < 4.78 is 41.4. The van der Waals surface area contributed by atoms with Gasteiger partial charge in [-0.1, -0.05) is 29.8 Å². The van der Waals surface area contributed by atoms with Crippen LogP contribution in [0.4, 0.5) is 18.9 Å². The lowest BCUT2D eigenvalue weighted by molar-refractivity contribution is -0.137. The number of carbonyl (C=O) groups excluding carboxylic acids is 1. The molecule has 11 heteroatoms. The lowest BCUT2D eigenvalue weighted by Crippen LogP contribution is -2.40. The van der Waals surface area contributed by atoms with Gasteiger partial charge in [0.1, 0.15) is 11.2 Å². The molecule has 4 aromatic rings. The summed E-state index contributed by atoms with van der Waals surface area (Å²) >= 11 is 7.07. The van der Waals surface area contributed by atoms with Crippen molar-refractivity contribution in [3.05, 3.63) is 90.9 Å². The smallest absolute Gasteiger partial charge is 0.323 e. The average Bonchev–Trinajstić information content (AvgIpc) is 3.23. The quantitative estimate of drug-likeness (QED) is 0.442. The first-order valence-electron chi connectivity index (χ1n) is 9.53. The van der Waals surface area contributed by atoms with Crippen molar-refractivity contribution >= 4 is 44.7 Å². The zero-order valence-corrected chi connectivity index (χ0v) is 18.5. The molecule has 0 radical (unpaired) electrons. The highest BCUT2D eigenvalue weighted by atomic mass is 35.5. The Balaban J connectivity index is 1.77. The number of nitrogens with one attached hydrogen (secondary N) is 1. The topological polar surface area (TPSA) is 73.1 Å². The van der Waals surface area contributed by atoms with Crippen LogP contribution in [0.1, 0.15) is 11.1 Å². The third-order valence-corrected chi connectivity index (χ3v) is 6.20. The van der Waals surface area contributed by atoms with E-state index in [9.17, 15) is 27.6 Å². The molecule has 0 aliphatic rings. The van der Waals surface area contributed by atoms with Gasteiger partial charge in [-0.05, 0) is 48.2 Å². The van der Waals surface area contributed by atoms with Crippen molar-refractivity contribution in [2.45, 2.75) is 19.6 Å². The summed E-state index contributed by atoms with van der Waals surface area (Å²) in [6.07, 6.45) is -4.62. The Morgan fingerprint density at radius 1 is 1.12 bits per heavy atom. The van der Waals surface area contributed by atoms with Gasteiger partial charge in [-0.3, -0.25) is 14.2 Å². The van der Waals surface area contributed by atoms with Crippen LogP contribution in [0.15, 0.2) is 63.5 Å². The van der Waals surface area contributed by atoms with Crippen molar-refractivity contribution < 1.29 is 18.0 Å². The van der Waals surface area contributed by atoms with Gasteiger partial charge in [0.2, 0.25) is 5.91 Å². The summed E-state index contributed by atoms with van der Waals surface area (Å²) in [5.41, 5.74) is -1.17. The number of anilines is 1. The number of carbonyl (C=O) groups is 1. The molecule has 0 aliphatic heterocycles. The van der Waals surface area contributed by atoms with E-state index >= 15 is 0 Å². The summed E-state index contributed by atoms with van der Waals surface area (Å²) in [5.74, 6) is -0.777. The number of nitrogens with zero attached hydrogens (tertiary/aromatic N) is 2. The number of halogens is 4. The van der Waals surface area contributed by atoms with Crippen LogP contribution in [0.5, 0.6) is 0 Å². The molecule has 170 valence electrons. The number of fused-ring (bicyclic) bond motifs is 1. The van der Waals surface area contributed by atoms with Gasteiger partial charge in [0.15, 0.2) is 0 Å². The zero-order chi connectivity index (χ0) is 23.9. The molecule has 2 aromatic carbocycles. The van der Waals surface area contributed by atoms with Gasteiger partial charge < -0.3 is 5.32 Å². The maximum atomic E-state index is 13.3. The first-order valence-corrected chi connectivity index (χ1v) is 10.8. The fourth-order valence-corrected chi connectivity index (χ4v) is 4.39. The molecular weight excluding hydrogens is 479 g/mol. The molecule has 6 nitrogen and oxygen atoms in total. The van der Waals surface area contributed by atoms with Gasteiger partial charge in [0.05, 0.1) is 27.5 Å². The highest BCUT2D eigenvalue weighted by Crippen LogP contribution is 2.33. The highest BCUT2D eigenvalue weighted by Gasteiger charge is 2.31. The number of alkyl halides is 3. The first kappa shape index (κ1) is 22.8. The van der Waals surface area contributed by atoms with E-state index in [-0.39, 0.29) is 20.9 Å². The van der Waals surface area contributed by atoms with Crippen molar-refractivity contribution in [1.82, 2.24) is 9.13 Å². The van der Waals surface area contributed by atoms with E-state index in [0.717, 1.165) is 38.7 Å². The standard InChI is InChI=1S/C22H15ClF3N3O3S/c1-12-4-2-3-5-16(12)29-20(31)19-17(8-9-33-19)28(21(29)32)11-18(30)27-15-10-13(22(24,25)26)6-7-14(15)23/h2-10H,11H2,1H3,(H,27,30). The number of thiophene rings is 1. The minimum atomic E-state index is -4.62. The van der Waals surface area contributed by atoms with Gasteiger partial charge in [-0.2, -0.15) is 13.2 Å². The Morgan fingerprint density at radius 2 is 1.85 bits per heavy atom. The molecule has 1 amide bonds. The fraction of sp³-hybridized carbons (Fsp3) is 0.136. The molecular formula is C22H15ClF3N3O3S. The van der Waals surface area contributed by atoms with Crippen LogP contribution in [0.2, 0.25) is 5.02 Å². The molecule has 0 saturated heterocycles. The summed E-state index contributed by atoms with van der Waals surface area (Å²) in [7, 11) is 0. The third-order valence-electron chi connectivity index (χ3n) is 4.98. The Kier molecular flexibility index (Phi) is 5.89. The molecule has 4 rings (SSSR count). The van der Waals surface area contributed by atoms with E-state index < -0.39 is 35.4 Å². The summed E-state index contributed by atoms with van der Waals surface area (Å²) in [5, 5.41) is 3.85. The normalized spacial score (nSPS) is 11.7. The number of hydrogen-bond donors (Lipinski definition) is 1. The predicted octanol–water partition coefficient (Wildman–Crippen LogP) is 4.83. The van der Waals surface area contributed by atoms with E-state index in [0.29, 0.717) is 11.3 Å². The second-order valence-electron chi connectivity index (χ2n) is 7.17. The van der Waals surface area contributed by atoms with Crippen molar-refractivity contribution in [2.24, 2.45) is 0 Å². The van der Waals surface area contributed by atoms with E-state index in [2.05, 4.69) is 5.32 Å². The third kappa shape index (κ3) is 4.31. The maximum Gasteiger partial charge on any atom is 0.416 e. The number of para-hydroxylation sites is 1. The molecule has 0 aliphatic carbocycles. The van der Waals surface area contributed by atoms with Gasteiger partial charge in [0.25, 0.3) is 5.56 Å². The molecule has 0 spiro atoms. The zero-order valence-electron chi connectivity index (χ0n) is 16.9. The highest BCUT2D eigenvalue weighted by molar-refractivity contribution is 7.17.